The number of piperidine rings is 1. The molecule has 1 fully saturated rings. The highest BCUT2D eigenvalue weighted by Gasteiger charge is 2.28. The summed E-state index contributed by atoms with van der Waals surface area (Å²) in [5.74, 6) is 0.394. The molecule has 1 aliphatic heterocycles. The third kappa shape index (κ3) is 4.33. The smallest absolute Gasteiger partial charge is 0.341 e. The lowest BCUT2D eigenvalue weighted by Gasteiger charge is -2.30. The summed E-state index contributed by atoms with van der Waals surface area (Å²) in [7, 11) is 3.59. The summed E-state index contributed by atoms with van der Waals surface area (Å²) >= 11 is 7.16. The first kappa shape index (κ1) is 18.6. The Morgan fingerprint density at radius 3 is 2.72 bits per heavy atom. The van der Waals surface area contributed by atoms with E-state index in [1.807, 2.05) is 0 Å². The molecule has 2 N–H and O–H groups in total. The standard InChI is InChI=1S/C18H27N3O2S2/c1-11-4-5-13-14(10-11)25-16(15(13)17(22)23-3)20-18(24)19-12-6-8-21(2)9-7-12/h11-12H,4-10H2,1-3H3,(H2,19,20,24). The lowest BCUT2D eigenvalue weighted by Crippen LogP contribution is -2.44. The van der Waals surface area contributed by atoms with E-state index in [0.29, 0.717) is 22.6 Å². The van der Waals surface area contributed by atoms with Gasteiger partial charge in [0, 0.05) is 10.9 Å². The van der Waals surface area contributed by atoms with E-state index in [-0.39, 0.29) is 5.97 Å². The number of thiocarbonyl (C=S) groups is 1. The molecule has 1 saturated heterocycles. The van der Waals surface area contributed by atoms with Gasteiger partial charge in [-0.1, -0.05) is 6.92 Å². The summed E-state index contributed by atoms with van der Waals surface area (Å²) in [6.07, 6.45) is 5.25. The molecule has 5 nitrogen and oxygen atoms in total. The van der Waals surface area contributed by atoms with Crippen LogP contribution in [0.5, 0.6) is 0 Å². The maximum Gasteiger partial charge on any atom is 0.341 e. The molecule has 1 aromatic rings. The average molecular weight is 382 g/mol. The van der Waals surface area contributed by atoms with Crippen molar-refractivity contribution in [1.29, 1.82) is 0 Å². The third-order valence-corrected chi connectivity index (χ3v) is 6.57. The summed E-state index contributed by atoms with van der Waals surface area (Å²) in [6, 6.07) is 0.396. The monoisotopic (exact) mass is 381 g/mol. The van der Waals surface area contributed by atoms with Crippen LogP contribution in [0.3, 0.4) is 0 Å². The molecule has 7 heteroatoms. The number of fused-ring (bicyclic) bond motifs is 1. The van der Waals surface area contributed by atoms with E-state index < -0.39 is 0 Å². The minimum atomic E-state index is -0.267. The van der Waals surface area contributed by atoms with Crippen LogP contribution < -0.4 is 10.6 Å². The number of nitrogens with zero attached hydrogens (tertiary/aromatic N) is 1. The fourth-order valence-electron chi connectivity index (χ4n) is 3.63. The van der Waals surface area contributed by atoms with Gasteiger partial charge in [0.1, 0.15) is 5.00 Å². The van der Waals surface area contributed by atoms with Crippen LogP contribution in [0.15, 0.2) is 0 Å². The van der Waals surface area contributed by atoms with Crippen LogP contribution in [-0.2, 0) is 17.6 Å². The Hall–Kier alpha value is -1.18. The zero-order valence-corrected chi connectivity index (χ0v) is 16.8. The van der Waals surface area contributed by atoms with E-state index in [1.165, 1.54) is 12.0 Å². The van der Waals surface area contributed by atoms with Gasteiger partial charge < -0.3 is 20.3 Å². The predicted molar refractivity (Wildman–Crippen MR) is 107 cm³/mol. The minimum Gasteiger partial charge on any atom is -0.465 e. The Morgan fingerprint density at radius 1 is 1.32 bits per heavy atom. The predicted octanol–water partition coefficient (Wildman–Crippen LogP) is 3.04. The number of hydrogen-bond acceptors (Lipinski definition) is 5. The fraction of sp³-hybridized carbons (Fsp3) is 0.667. The highest BCUT2D eigenvalue weighted by Crippen LogP contribution is 2.40. The normalized spacial score (nSPS) is 21.5. The van der Waals surface area contributed by atoms with Crippen molar-refractivity contribution in [1.82, 2.24) is 10.2 Å². The van der Waals surface area contributed by atoms with E-state index in [4.69, 9.17) is 17.0 Å². The Balaban J connectivity index is 1.73. The second kappa shape index (κ2) is 8.01. The zero-order valence-electron chi connectivity index (χ0n) is 15.2. The topological polar surface area (TPSA) is 53.6 Å². The highest BCUT2D eigenvalue weighted by atomic mass is 32.1. The van der Waals surface area contributed by atoms with E-state index in [0.717, 1.165) is 55.8 Å². The average Bonchev–Trinajstić information content (AvgIpc) is 2.92. The quantitative estimate of drug-likeness (QED) is 0.620. The molecule has 2 heterocycles. The van der Waals surface area contributed by atoms with Gasteiger partial charge in [-0.05, 0) is 75.9 Å². The molecule has 0 aromatic carbocycles. The lowest BCUT2D eigenvalue weighted by molar-refractivity contribution is 0.0601. The van der Waals surface area contributed by atoms with Crippen molar-refractivity contribution < 1.29 is 9.53 Å². The molecular weight excluding hydrogens is 354 g/mol. The summed E-state index contributed by atoms with van der Waals surface area (Å²) in [5.41, 5.74) is 1.83. The lowest BCUT2D eigenvalue weighted by atomic mass is 9.88. The van der Waals surface area contributed by atoms with Crippen LogP contribution in [0.2, 0.25) is 0 Å². The second-order valence-corrected chi connectivity index (χ2v) is 8.74. The molecule has 1 atom stereocenters. The van der Waals surface area contributed by atoms with Crippen molar-refractivity contribution in [2.75, 3.05) is 32.6 Å². The second-order valence-electron chi connectivity index (χ2n) is 7.22. The number of methoxy groups -OCH3 is 1. The molecule has 1 unspecified atom stereocenters. The van der Waals surface area contributed by atoms with Crippen molar-refractivity contribution in [3.63, 3.8) is 0 Å². The number of likely N-dealkylation sites (tertiary alicyclic amines) is 1. The van der Waals surface area contributed by atoms with Crippen LogP contribution in [0, 0.1) is 5.92 Å². The van der Waals surface area contributed by atoms with E-state index >= 15 is 0 Å². The third-order valence-electron chi connectivity index (χ3n) is 5.18. The van der Waals surface area contributed by atoms with Gasteiger partial charge in [-0.25, -0.2) is 4.79 Å². The summed E-state index contributed by atoms with van der Waals surface area (Å²) in [5, 5.41) is 8.12. The van der Waals surface area contributed by atoms with E-state index in [1.54, 1.807) is 11.3 Å². The van der Waals surface area contributed by atoms with Gasteiger partial charge in [-0.3, -0.25) is 0 Å². The number of carbonyl (C=O) groups is 1. The molecule has 0 amide bonds. The molecular formula is C18H27N3O2S2. The Labute approximate surface area is 159 Å². The molecule has 3 rings (SSSR count). The van der Waals surface area contributed by atoms with Crippen molar-refractivity contribution in [3.8, 4) is 0 Å². The Bertz CT molecular complexity index is 651. The number of thiophene rings is 1. The van der Waals surface area contributed by atoms with Gasteiger partial charge in [0.05, 0.1) is 12.7 Å². The van der Waals surface area contributed by atoms with Crippen molar-refractivity contribution in [2.45, 2.75) is 45.1 Å². The number of esters is 1. The molecule has 138 valence electrons. The van der Waals surface area contributed by atoms with Gasteiger partial charge in [0.15, 0.2) is 5.11 Å². The number of nitrogens with one attached hydrogen (secondary N) is 2. The first-order chi connectivity index (χ1) is 12.0. The maximum atomic E-state index is 12.3. The van der Waals surface area contributed by atoms with E-state index in [2.05, 4.69) is 29.5 Å². The number of hydrogen-bond donors (Lipinski definition) is 2. The molecule has 0 bridgehead atoms. The van der Waals surface area contributed by atoms with Gasteiger partial charge in [0.25, 0.3) is 0 Å². The van der Waals surface area contributed by atoms with Crippen molar-refractivity contribution in [3.05, 3.63) is 16.0 Å². The van der Waals surface area contributed by atoms with Crippen LogP contribution in [0.25, 0.3) is 0 Å². The Morgan fingerprint density at radius 2 is 2.04 bits per heavy atom. The number of carbonyl (C=O) groups excluding carboxylic acids is 1. The number of ether oxygens (including phenoxy) is 1. The molecule has 0 radical (unpaired) electrons. The highest BCUT2D eigenvalue weighted by molar-refractivity contribution is 7.80. The summed E-state index contributed by atoms with van der Waals surface area (Å²) in [6.45, 7) is 4.43. The molecule has 1 aromatic heterocycles. The van der Waals surface area contributed by atoms with Gasteiger partial charge in [-0.15, -0.1) is 11.3 Å². The molecule has 25 heavy (non-hydrogen) atoms. The van der Waals surface area contributed by atoms with Crippen LogP contribution in [0.4, 0.5) is 5.00 Å². The first-order valence-corrected chi connectivity index (χ1v) is 10.2. The number of rotatable bonds is 3. The SMILES string of the molecule is COC(=O)c1c(NC(=S)NC2CCN(C)CC2)sc2c1CCC(C)C2. The van der Waals surface area contributed by atoms with Crippen molar-refractivity contribution >= 4 is 39.6 Å². The first-order valence-electron chi connectivity index (χ1n) is 8.96. The van der Waals surface area contributed by atoms with Gasteiger partial charge in [0.2, 0.25) is 0 Å². The Kier molecular flexibility index (Phi) is 5.96. The van der Waals surface area contributed by atoms with Gasteiger partial charge >= 0.3 is 5.97 Å². The molecule has 1 aliphatic carbocycles. The molecule has 2 aliphatic rings. The summed E-state index contributed by atoms with van der Waals surface area (Å²) < 4.78 is 5.03. The maximum absolute atomic E-state index is 12.3. The largest absolute Gasteiger partial charge is 0.465 e. The zero-order chi connectivity index (χ0) is 18.0. The van der Waals surface area contributed by atoms with Crippen LogP contribution in [-0.4, -0.2) is 49.3 Å². The minimum absolute atomic E-state index is 0.267. The number of anilines is 1. The van der Waals surface area contributed by atoms with Gasteiger partial charge in [-0.2, -0.15) is 0 Å². The summed E-state index contributed by atoms with van der Waals surface area (Å²) in [4.78, 5) is 16.0. The van der Waals surface area contributed by atoms with Crippen LogP contribution >= 0.6 is 23.6 Å². The molecule has 0 spiro atoms. The fourth-order valence-corrected chi connectivity index (χ4v) is 5.37. The van der Waals surface area contributed by atoms with Crippen molar-refractivity contribution in [2.24, 2.45) is 5.92 Å². The van der Waals surface area contributed by atoms with E-state index in [9.17, 15) is 4.79 Å². The van der Waals surface area contributed by atoms with Crippen LogP contribution in [0.1, 0.15) is 47.0 Å². The molecule has 0 saturated carbocycles.